The third kappa shape index (κ3) is 3.82. The van der Waals surface area contributed by atoms with Gasteiger partial charge in [-0.3, -0.25) is 25.1 Å². The second-order valence-corrected chi connectivity index (χ2v) is 6.93. The molecule has 2 atom stereocenters. The van der Waals surface area contributed by atoms with Gasteiger partial charge in [0.15, 0.2) is 0 Å². The number of hydrogen-bond acceptors (Lipinski definition) is 7. The minimum atomic E-state index is -0.120. The summed E-state index contributed by atoms with van der Waals surface area (Å²) in [6.07, 6.45) is 6.47. The van der Waals surface area contributed by atoms with E-state index in [1.54, 1.807) is 0 Å². The van der Waals surface area contributed by atoms with Crippen LogP contribution in [0, 0.1) is 0 Å². The van der Waals surface area contributed by atoms with E-state index in [0.717, 1.165) is 76.6 Å². The van der Waals surface area contributed by atoms with Crippen molar-refractivity contribution >= 4 is 5.91 Å². The maximum atomic E-state index is 12.8. The number of hydrogen-bond donors (Lipinski definition) is 2. The molecule has 0 aromatic carbocycles. The normalized spacial score (nSPS) is 27.8. The van der Waals surface area contributed by atoms with Crippen LogP contribution in [-0.4, -0.2) is 71.1 Å². The minimum Gasteiger partial charge on any atom is -0.379 e. The molecule has 3 aliphatic heterocycles. The van der Waals surface area contributed by atoms with Gasteiger partial charge in [-0.05, 0) is 19.3 Å². The molecule has 0 aliphatic carbocycles. The quantitative estimate of drug-likeness (QED) is 0.784. The molecule has 8 heteroatoms. The number of likely N-dealkylation sites (tertiary alicyclic amines) is 1. The van der Waals surface area contributed by atoms with Crippen molar-refractivity contribution in [3.05, 3.63) is 23.8 Å². The zero-order valence-electron chi connectivity index (χ0n) is 14.5. The number of morpholine rings is 1. The third-order valence-corrected chi connectivity index (χ3v) is 5.20. The van der Waals surface area contributed by atoms with Gasteiger partial charge in [0.25, 0.3) is 0 Å². The van der Waals surface area contributed by atoms with Crippen LogP contribution < -0.4 is 10.9 Å². The molecule has 2 N–H and O–H groups in total. The molecule has 3 saturated heterocycles. The van der Waals surface area contributed by atoms with Crippen LogP contribution in [0.15, 0.2) is 12.4 Å². The fourth-order valence-corrected chi connectivity index (χ4v) is 3.86. The van der Waals surface area contributed by atoms with Crippen LogP contribution in [-0.2, 0) is 16.1 Å². The van der Waals surface area contributed by atoms with Crippen molar-refractivity contribution in [3.63, 3.8) is 0 Å². The van der Waals surface area contributed by atoms with E-state index in [-0.39, 0.29) is 18.0 Å². The third-order valence-electron chi connectivity index (χ3n) is 5.20. The van der Waals surface area contributed by atoms with Crippen molar-refractivity contribution in [2.24, 2.45) is 0 Å². The standard InChI is InChI=1S/C17H26N6O2/c24-17(14-3-4-19-21-14)23-5-1-2-16(23)15-11-18-10-13(20-15)12-22-6-8-25-9-7-22/h10-11,14,16,19,21H,1-9,12H2. The molecule has 0 radical (unpaired) electrons. The number of amides is 1. The molecule has 8 nitrogen and oxygen atoms in total. The number of rotatable bonds is 4. The SMILES string of the molecule is O=C(C1CCNN1)N1CCCC1c1cncc(CN2CCOCC2)n1. The van der Waals surface area contributed by atoms with Gasteiger partial charge < -0.3 is 9.64 Å². The van der Waals surface area contributed by atoms with E-state index in [9.17, 15) is 4.79 Å². The Labute approximate surface area is 147 Å². The van der Waals surface area contributed by atoms with Crippen LogP contribution in [0.25, 0.3) is 0 Å². The van der Waals surface area contributed by atoms with Crippen molar-refractivity contribution in [1.29, 1.82) is 0 Å². The predicted molar refractivity (Wildman–Crippen MR) is 91.4 cm³/mol. The average molecular weight is 346 g/mol. The Morgan fingerprint density at radius 1 is 1.24 bits per heavy atom. The number of nitrogens with one attached hydrogen (secondary N) is 2. The lowest BCUT2D eigenvalue weighted by Crippen LogP contribution is -2.45. The zero-order valence-corrected chi connectivity index (χ0v) is 14.5. The first kappa shape index (κ1) is 16.8. The van der Waals surface area contributed by atoms with Crippen molar-refractivity contribution < 1.29 is 9.53 Å². The molecule has 25 heavy (non-hydrogen) atoms. The summed E-state index contributed by atoms with van der Waals surface area (Å²) in [7, 11) is 0. The lowest BCUT2D eigenvalue weighted by molar-refractivity contribution is -0.134. The summed E-state index contributed by atoms with van der Waals surface area (Å²) in [6.45, 7) is 5.85. The Hall–Kier alpha value is -1.61. The van der Waals surface area contributed by atoms with Gasteiger partial charge >= 0.3 is 0 Å². The van der Waals surface area contributed by atoms with Gasteiger partial charge in [0.1, 0.15) is 6.04 Å². The maximum absolute atomic E-state index is 12.8. The molecule has 0 bridgehead atoms. The van der Waals surface area contributed by atoms with Crippen molar-refractivity contribution in [3.8, 4) is 0 Å². The van der Waals surface area contributed by atoms with Gasteiger partial charge in [-0.25, -0.2) is 5.43 Å². The zero-order chi connectivity index (χ0) is 17.1. The van der Waals surface area contributed by atoms with E-state index in [1.165, 1.54) is 0 Å². The van der Waals surface area contributed by atoms with Gasteiger partial charge in [0.2, 0.25) is 5.91 Å². The molecule has 4 heterocycles. The van der Waals surface area contributed by atoms with Crippen LogP contribution >= 0.6 is 0 Å². The first-order chi connectivity index (χ1) is 12.3. The van der Waals surface area contributed by atoms with Crippen LogP contribution in [0.5, 0.6) is 0 Å². The highest BCUT2D eigenvalue weighted by atomic mass is 16.5. The molecular formula is C17H26N6O2. The van der Waals surface area contributed by atoms with E-state index < -0.39 is 0 Å². The van der Waals surface area contributed by atoms with E-state index in [4.69, 9.17) is 9.72 Å². The molecular weight excluding hydrogens is 320 g/mol. The van der Waals surface area contributed by atoms with Gasteiger partial charge in [0.05, 0.1) is 36.8 Å². The second-order valence-electron chi connectivity index (χ2n) is 6.93. The number of hydrazine groups is 1. The first-order valence-electron chi connectivity index (χ1n) is 9.21. The molecule has 4 rings (SSSR count). The number of carbonyl (C=O) groups is 1. The maximum Gasteiger partial charge on any atom is 0.241 e. The highest BCUT2D eigenvalue weighted by Crippen LogP contribution is 2.31. The minimum absolute atomic E-state index is 0.0482. The van der Waals surface area contributed by atoms with Crippen LogP contribution in [0.2, 0.25) is 0 Å². The lowest BCUT2D eigenvalue weighted by atomic mass is 10.1. The predicted octanol–water partition coefficient (Wildman–Crippen LogP) is -0.161. The lowest BCUT2D eigenvalue weighted by Gasteiger charge is -2.28. The fourth-order valence-electron chi connectivity index (χ4n) is 3.86. The molecule has 1 amide bonds. The molecule has 1 aromatic heterocycles. The molecule has 1 aromatic rings. The summed E-state index contributed by atoms with van der Waals surface area (Å²) in [5.41, 5.74) is 8.01. The van der Waals surface area contributed by atoms with Crippen molar-refractivity contribution in [2.45, 2.75) is 37.9 Å². The molecule has 136 valence electrons. The number of carbonyl (C=O) groups excluding carboxylic acids is 1. The van der Waals surface area contributed by atoms with E-state index >= 15 is 0 Å². The molecule has 0 spiro atoms. The molecule has 3 fully saturated rings. The van der Waals surface area contributed by atoms with E-state index in [2.05, 4.69) is 20.7 Å². The van der Waals surface area contributed by atoms with Gasteiger partial charge in [-0.2, -0.15) is 0 Å². The fraction of sp³-hybridized carbons (Fsp3) is 0.706. The Kier molecular flexibility index (Phi) is 5.21. The molecule has 0 saturated carbocycles. The Bertz CT molecular complexity index is 601. The Morgan fingerprint density at radius 2 is 2.12 bits per heavy atom. The monoisotopic (exact) mass is 346 g/mol. The topological polar surface area (TPSA) is 82.6 Å². The second kappa shape index (κ2) is 7.74. The van der Waals surface area contributed by atoms with Gasteiger partial charge in [0, 0.05) is 38.9 Å². The number of nitrogens with zero attached hydrogens (tertiary/aromatic N) is 4. The van der Waals surface area contributed by atoms with Gasteiger partial charge in [-0.15, -0.1) is 0 Å². The summed E-state index contributed by atoms with van der Waals surface area (Å²) in [4.78, 5) is 26.3. The van der Waals surface area contributed by atoms with Crippen molar-refractivity contribution in [2.75, 3.05) is 39.4 Å². The molecule has 2 unspecified atom stereocenters. The van der Waals surface area contributed by atoms with E-state index in [1.807, 2.05) is 17.3 Å². The summed E-state index contributed by atoms with van der Waals surface area (Å²) in [6, 6.07) is -0.0721. The highest BCUT2D eigenvalue weighted by Gasteiger charge is 2.36. The first-order valence-corrected chi connectivity index (χ1v) is 9.21. The Balaban J connectivity index is 1.46. The van der Waals surface area contributed by atoms with Crippen LogP contribution in [0.3, 0.4) is 0 Å². The summed E-state index contributed by atoms with van der Waals surface area (Å²) >= 11 is 0. The molecule has 3 aliphatic rings. The number of ether oxygens (including phenoxy) is 1. The largest absolute Gasteiger partial charge is 0.379 e. The average Bonchev–Trinajstić information content (AvgIpc) is 3.34. The number of aromatic nitrogens is 2. The van der Waals surface area contributed by atoms with Crippen LogP contribution in [0.4, 0.5) is 0 Å². The van der Waals surface area contributed by atoms with Crippen molar-refractivity contribution in [1.82, 2.24) is 30.6 Å². The highest BCUT2D eigenvalue weighted by molar-refractivity contribution is 5.82. The van der Waals surface area contributed by atoms with Gasteiger partial charge in [-0.1, -0.05) is 0 Å². The summed E-state index contributed by atoms with van der Waals surface area (Å²) in [5, 5.41) is 0. The van der Waals surface area contributed by atoms with E-state index in [0.29, 0.717) is 0 Å². The summed E-state index contributed by atoms with van der Waals surface area (Å²) in [5.74, 6) is 0.174. The smallest absolute Gasteiger partial charge is 0.241 e. The summed E-state index contributed by atoms with van der Waals surface area (Å²) < 4.78 is 5.40. The Morgan fingerprint density at radius 3 is 2.92 bits per heavy atom. The van der Waals surface area contributed by atoms with Crippen LogP contribution in [0.1, 0.15) is 36.7 Å².